The van der Waals surface area contributed by atoms with Crippen molar-refractivity contribution < 1.29 is 9.53 Å². The van der Waals surface area contributed by atoms with Crippen LogP contribution in [0, 0.1) is 0 Å². The summed E-state index contributed by atoms with van der Waals surface area (Å²) in [5.41, 5.74) is 0.277. The maximum atomic E-state index is 12.1. The van der Waals surface area contributed by atoms with Crippen LogP contribution >= 0.6 is 23.2 Å². The molecule has 5 nitrogen and oxygen atoms in total. The molecule has 0 radical (unpaired) electrons. The molecule has 0 aromatic carbocycles. The summed E-state index contributed by atoms with van der Waals surface area (Å²) in [5.74, 6) is 0.101. The first-order chi connectivity index (χ1) is 9.74. The second kappa shape index (κ2) is 6.36. The highest BCUT2D eigenvalue weighted by molar-refractivity contribution is 6.31. The summed E-state index contributed by atoms with van der Waals surface area (Å²) in [7, 11) is 0. The van der Waals surface area contributed by atoms with Crippen LogP contribution in [0.15, 0.2) is 6.07 Å². The Balaban J connectivity index is 2.08. The van der Waals surface area contributed by atoms with Gasteiger partial charge >= 0.3 is 6.09 Å². The van der Waals surface area contributed by atoms with E-state index >= 15 is 0 Å². The molecule has 1 saturated heterocycles. The molecule has 1 atom stereocenters. The van der Waals surface area contributed by atoms with E-state index in [1.54, 1.807) is 11.0 Å². The average Bonchev–Trinajstić information content (AvgIpc) is 2.36. The molecule has 1 aromatic rings. The van der Waals surface area contributed by atoms with E-state index in [2.05, 4.69) is 9.97 Å². The van der Waals surface area contributed by atoms with Crippen molar-refractivity contribution in [1.82, 2.24) is 14.9 Å². The minimum atomic E-state index is -0.494. The third-order valence-electron chi connectivity index (χ3n) is 3.18. The first-order valence-electron chi connectivity index (χ1n) is 6.92. The van der Waals surface area contributed by atoms with Gasteiger partial charge in [-0.05, 0) is 51.3 Å². The molecular formula is C14H19Cl2N3O2. The van der Waals surface area contributed by atoms with Crippen LogP contribution in [0.1, 0.15) is 45.2 Å². The van der Waals surface area contributed by atoms with Crippen LogP contribution < -0.4 is 0 Å². The highest BCUT2D eigenvalue weighted by Gasteiger charge is 2.29. The summed E-state index contributed by atoms with van der Waals surface area (Å²) in [6.07, 6.45) is 1.53. The lowest BCUT2D eigenvalue weighted by atomic mass is 9.95. The Hall–Kier alpha value is -1.07. The fourth-order valence-corrected chi connectivity index (χ4v) is 2.75. The molecule has 21 heavy (non-hydrogen) atoms. The van der Waals surface area contributed by atoms with Crippen LogP contribution in [0.4, 0.5) is 4.79 Å². The average molecular weight is 332 g/mol. The number of carbonyl (C=O) groups is 1. The van der Waals surface area contributed by atoms with E-state index in [4.69, 9.17) is 27.9 Å². The largest absolute Gasteiger partial charge is 0.444 e. The summed E-state index contributed by atoms with van der Waals surface area (Å²) in [4.78, 5) is 21.9. The van der Waals surface area contributed by atoms with Crippen molar-refractivity contribution in [2.24, 2.45) is 0 Å². The number of hydrogen-bond donors (Lipinski definition) is 0. The van der Waals surface area contributed by atoms with E-state index in [0.29, 0.717) is 18.2 Å². The maximum Gasteiger partial charge on any atom is 0.410 e. The molecule has 0 aliphatic carbocycles. The van der Waals surface area contributed by atoms with Crippen LogP contribution in [0.5, 0.6) is 0 Å². The van der Waals surface area contributed by atoms with Crippen LogP contribution in [0.25, 0.3) is 0 Å². The Morgan fingerprint density at radius 2 is 2.10 bits per heavy atom. The zero-order valence-corrected chi connectivity index (χ0v) is 13.9. The Morgan fingerprint density at radius 3 is 2.71 bits per heavy atom. The minimum Gasteiger partial charge on any atom is -0.444 e. The van der Waals surface area contributed by atoms with Gasteiger partial charge in [-0.25, -0.2) is 14.8 Å². The highest BCUT2D eigenvalue weighted by atomic mass is 35.5. The summed E-state index contributed by atoms with van der Waals surface area (Å²) < 4.78 is 5.41. The van der Waals surface area contributed by atoms with Gasteiger partial charge in [0.2, 0.25) is 5.28 Å². The molecule has 2 heterocycles. The Morgan fingerprint density at radius 1 is 1.38 bits per heavy atom. The fraction of sp³-hybridized carbons (Fsp3) is 0.643. The van der Waals surface area contributed by atoms with E-state index in [1.807, 2.05) is 20.8 Å². The summed E-state index contributed by atoms with van der Waals surface area (Å²) in [6, 6.07) is 1.71. The Labute approximate surface area is 134 Å². The number of carbonyl (C=O) groups excluding carboxylic acids is 1. The lowest BCUT2D eigenvalue weighted by molar-refractivity contribution is 0.0197. The lowest BCUT2D eigenvalue weighted by Crippen LogP contribution is -2.42. The second-order valence-corrected chi connectivity index (χ2v) is 6.88. The van der Waals surface area contributed by atoms with E-state index in [9.17, 15) is 4.79 Å². The summed E-state index contributed by atoms with van der Waals surface area (Å²) in [5, 5.41) is 0.450. The Kier molecular flexibility index (Phi) is 4.94. The molecule has 0 saturated carbocycles. The van der Waals surface area contributed by atoms with Crippen molar-refractivity contribution in [1.29, 1.82) is 0 Å². The molecular weight excluding hydrogens is 313 g/mol. The Bertz CT molecular complexity index is 511. The molecule has 1 aliphatic heterocycles. The number of piperidine rings is 1. The van der Waals surface area contributed by atoms with Gasteiger partial charge in [-0.2, -0.15) is 0 Å². The van der Waals surface area contributed by atoms with Crippen LogP contribution in [0.2, 0.25) is 10.4 Å². The number of amides is 1. The van der Waals surface area contributed by atoms with Gasteiger partial charge in [0.15, 0.2) is 0 Å². The third-order valence-corrected chi connectivity index (χ3v) is 3.54. The van der Waals surface area contributed by atoms with E-state index in [0.717, 1.165) is 18.5 Å². The maximum absolute atomic E-state index is 12.1. The molecule has 0 unspecified atom stereocenters. The molecule has 0 spiro atoms. The third kappa shape index (κ3) is 4.71. The van der Waals surface area contributed by atoms with Crippen molar-refractivity contribution in [3.8, 4) is 0 Å². The highest BCUT2D eigenvalue weighted by Crippen LogP contribution is 2.28. The monoisotopic (exact) mass is 331 g/mol. The predicted molar refractivity (Wildman–Crippen MR) is 81.8 cm³/mol. The van der Waals surface area contributed by atoms with Gasteiger partial charge < -0.3 is 9.64 Å². The standard InChI is InChI=1S/C14H19Cl2N3O2/c1-14(2,3)21-13(20)19-6-4-5-9(8-19)10-7-11(15)18-12(16)17-10/h7,9H,4-6,8H2,1-3H3/t9-/m0/s1. The number of ether oxygens (including phenoxy) is 1. The van der Waals surface area contributed by atoms with Crippen LogP contribution in [-0.2, 0) is 4.74 Å². The zero-order chi connectivity index (χ0) is 15.6. The predicted octanol–water partition coefficient (Wildman–Crippen LogP) is 3.90. The number of likely N-dealkylation sites (tertiary alicyclic amines) is 1. The fourth-order valence-electron chi connectivity index (χ4n) is 2.33. The summed E-state index contributed by atoms with van der Waals surface area (Å²) >= 11 is 11.8. The van der Waals surface area contributed by atoms with Crippen molar-refractivity contribution in [2.45, 2.75) is 45.1 Å². The van der Waals surface area contributed by atoms with Gasteiger partial charge in [0.1, 0.15) is 10.8 Å². The molecule has 1 aliphatic rings. The molecule has 1 amide bonds. The number of aromatic nitrogens is 2. The summed E-state index contributed by atoms with van der Waals surface area (Å²) in [6.45, 7) is 6.82. The quantitative estimate of drug-likeness (QED) is 0.578. The smallest absolute Gasteiger partial charge is 0.410 e. The molecule has 0 bridgehead atoms. The number of hydrogen-bond acceptors (Lipinski definition) is 4. The van der Waals surface area contributed by atoms with E-state index < -0.39 is 5.60 Å². The van der Waals surface area contributed by atoms with Crippen LogP contribution in [0.3, 0.4) is 0 Å². The normalized spacial score (nSPS) is 19.5. The van der Waals surface area contributed by atoms with Gasteiger partial charge in [-0.3, -0.25) is 0 Å². The van der Waals surface area contributed by atoms with Crippen molar-refractivity contribution in [3.05, 3.63) is 22.2 Å². The number of halogens is 2. The van der Waals surface area contributed by atoms with Gasteiger partial charge in [0.05, 0.1) is 5.69 Å². The van der Waals surface area contributed by atoms with Gasteiger partial charge in [-0.15, -0.1) is 0 Å². The molecule has 7 heteroatoms. The van der Waals surface area contributed by atoms with Crippen molar-refractivity contribution >= 4 is 29.3 Å². The first kappa shape index (κ1) is 16.3. The SMILES string of the molecule is CC(C)(C)OC(=O)N1CCC[C@H](c2cc(Cl)nc(Cl)n2)C1. The number of nitrogens with zero attached hydrogens (tertiary/aromatic N) is 3. The van der Waals surface area contributed by atoms with Crippen LogP contribution in [-0.4, -0.2) is 39.7 Å². The molecule has 1 aromatic heterocycles. The lowest BCUT2D eigenvalue weighted by Gasteiger charge is -2.33. The molecule has 116 valence electrons. The van der Waals surface area contributed by atoms with Gasteiger partial charge in [-0.1, -0.05) is 11.6 Å². The zero-order valence-electron chi connectivity index (χ0n) is 12.4. The molecule has 2 rings (SSSR count). The first-order valence-corrected chi connectivity index (χ1v) is 7.68. The molecule has 0 N–H and O–H groups in total. The van der Waals surface area contributed by atoms with Gasteiger partial charge in [0, 0.05) is 19.0 Å². The van der Waals surface area contributed by atoms with Gasteiger partial charge in [0.25, 0.3) is 0 Å². The van der Waals surface area contributed by atoms with Crippen molar-refractivity contribution in [3.63, 3.8) is 0 Å². The van der Waals surface area contributed by atoms with E-state index in [-0.39, 0.29) is 17.3 Å². The minimum absolute atomic E-state index is 0.101. The van der Waals surface area contributed by atoms with Crippen molar-refractivity contribution in [2.75, 3.05) is 13.1 Å². The molecule has 1 fully saturated rings. The van der Waals surface area contributed by atoms with E-state index in [1.165, 1.54) is 0 Å². The number of rotatable bonds is 1. The topological polar surface area (TPSA) is 55.3 Å². The second-order valence-electron chi connectivity index (χ2n) is 6.15.